The van der Waals surface area contributed by atoms with Crippen LogP contribution in [0.3, 0.4) is 0 Å². The van der Waals surface area contributed by atoms with Gasteiger partial charge in [0.25, 0.3) is 0 Å². The Morgan fingerprint density at radius 3 is 2.38 bits per heavy atom. The Balaban J connectivity index is 1.93. The fourth-order valence-electron chi connectivity index (χ4n) is 2.23. The van der Waals surface area contributed by atoms with Crippen molar-refractivity contribution in [2.45, 2.75) is 13.5 Å². The molecule has 2 N–H and O–H groups in total. The van der Waals surface area contributed by atoms with Gasteiger partial charge in [0.05, 0.1) is 15.7 Å². The Bertz CT molecular complexity index is 782. The van der Waals surface area contributed by atoms with Crippen molar-refractivity contribution in [3.05, 3.63) is 62.5 Å². The van der Waals surface area contributed by atoms with Gasteiger partial charge in [0, 0.05) is 17.6 Å². The molecule has 0 saturated carbocycles. The lowest BCUT2D eigenvalue weighted by Gasteiger charge is -2.21. The van der Waals surface area contributed by atoms with Crippen molar-refractivity contribution in [1.82, 2.24) is 10.2 Å². The number of rotatable bonds is 6. The monoisotopic (exact) mass is 457 g/mol. The molecule has 2 aromatic carbocycles. The highest BCUT2D eigenvalue weighted by molar-refractivity contribution is 9.10. The Kier molecular flexibility index (Phi) is 7.75. The summed E-state index contributed by atoms with van der Waals surface area (Å²) in [5.41, 5.74) is 1.29. The summed E-state index contributed by atoms with van der Waals surface area (Å²) in [6.45, 7) is 2.44. The van der Waals surface area contributed by atoms with Crippen molar-refractivity contribution in [1.29, 1.82) is 0 Å². The first-order chi connectivity index (χ1) is 12.4. The number of halogens is 3. The summed E-state index contributed by atoms with van der Waals surface area (Å²) < 4.78 is 0.938. The van der Waals surface area contributed by atoms with E-state index in [-0.39, 0.29) is 18.5 Å². The average Bonchev–Trinajstić information content (AvgIpc) is 2.61. The van der Waals surface area contributed by atoms with E-state index in [0.29, 0.717) is 28.8 Å². The molecule has 2 aromatic rings. The first kappa shape index (κ1) is 20.6. The van der Waals surface area contributed by atoms with Crippen LogP contribution < -0.4 is 10.6 Å². The molecule has 0 heterocycles. The molecule has 26 heavy (non-hydrogen) atoms. The summed E-state index contributed by atoms with van der Waals surface area (Å²) in [7, 11) is 0. The van der Waals surface area contributed by atoms with Crippen LogP contribution in [-0.4, -0.2) is 29.9 Å². The third kappa shape index (κ3) is 5.90. The number of carbonyl (C=O) groups excluding carboxylic acids is 2. The number of carbonyl (C=O) groups is 2. The molecule has 8 heteroatoms. The molecule has 2 rings (SSSR count). The van der Waals surface area contributed by atoms with Crippen molar-refractivity contribution < 1.29 is 9.59 Å². The van der Waals surface area contributed by atoms with E-state index in [1.54, 1.807) is 25.1 Å². The predicted molar refractivity (Wildman–Crippen MR) is 109 cm³/mol. The fraction of sp³-hybridized carbons (Fsp3) is 0.222. The molecular weight excluding hydrogens is 441 g/mol. The molecule has 0 spiro atoms. The largest absolute Gasteiger partial charge is 0.334 e. The van der Waals surface area contributed by atoms with Gasteiger partial charge in [-0.1, -0.05) is 57.3 Å². The van der Waals surface area contributed by atoms with Crippen molar-refractivity contribution >= 4 is 56.8 Å². The minimum absolute atomic E-state index is 0.109. The van der Waals surface area contributed by atoms with Gasteiger partial charge in [-0.2, -0.15) is 0 Å². The van der Waals surface area contributed by atoms with E-state index in [1.165, 1.54) is 4.90 Å². The van der Waals surface area contributed by atoms with Crippen LogP contribution >= 0.6 is 39.1 Å². The maximum atomic E-state index is 12.3. The second-order valence-electron chi connectivity index (χ2n) is 5.45. The molecule has 0 saturated heterocycles. The Morgan fingerprint density at radius 1 is 1.12 bits per heavy atom. The lowest BCUT2D eigenvalue weighted by atomic mass is 10.2. The number of likely N-dealkylation sites (N-methyl/N-ethyl adjacent to an activating group) is 1. The average molecular weight is 459 g/mol. The Hall–Kier alpha value is -1.76. The van der Waals surface area contributed by atoms with Gasteiger partial charge in [-0.05, 0) is 36.8 Å². The minimum atomic E-state index is -0.376. The molecule has 0 fully saturated rings. The quantitative estimate of drug-likeness (QED) is 0.644. The zero-order valence-electron chi connectivity index (χ0n) is 14.1. The summed E-state index contributed by atoms with van der Waals surface area (Å²) in [5.74, 6) is -0.376. The zero-order valence-corrected chi connectivity index (χ0v) is 17.2. The Labute approximate surface area is 170 Å². The number of amides is 3. The molecule has 0 aliphatic rings. The summed E-state index contributed by atoms with van der Waals surface area (Å²) >= 11 is 15.5. The second kappa shape index (κ2) is 9.80. The van der Waals surface area contributed by atoms with Gasteiger partial charge in [0.2, 0.25) is 5.91 Å². The summed E-state index contributed by atoms with van der Waals surface area (Å²) in [6.07, 6.45) is 0. The molecule has 0 aliphatic heterocycles. The number of nitrogens with one attached hydrogen (secondary N) is 2. The van der Waals surface area contributed by atoms with E-state index >= 15 is 0 Å². The third-order valence-electron chi connectivity index (χ3n) is 3.56. The highest BCUT2D eigenvalue weighted by Gasteiger charge is 2.17. The van der Waals surface area contributed by atoms with Crippen LogP contribution in [0.4, 0.5) is 10.5 Å². The zero-order chi connectivity index (χ0) is 19.1. The lowest BCUT2D eigenvalue weighted by molar-refractivity contribution is -0.116. The number of anilines is 1. The third-order valence-corrected chi connectivity index (χ3v) is 4.69. The number of benzene rings is 2. The molecule has 5 nitrogen and oxygen atoms in total. The number of hydrogen-bond acceptors (Lipinski definition) is 2. The van der Waals surface area contributed by atoms with Crippen LogP contribution in [0.15, 0.2) is 46.9 Å². The van der Waals surface area contributed by atoms with E-state index in [9.17, 15) is 9.59 Å². The second-order valence-corrected chi connectivity index (χ2v) is 7.18. The molecule has 0 bridgehead atoms. The van der Waals surface area contributed by atoms with Gasteiger partial charge in [-0.15, -0.1) is 0 Å². The molecule has 138 valence electrons. The lowest BCUT2D eigenvalue weighted by Crippen LogP contribution is -2.43. The van der Waals surface area contributed by atoms with E-state index < -0.39 is 0 Å². The van der Waals surface area contributed by atoms with Crippen molar-refractivity contribution in [2.24, 2.45) is 0 Å². The van der Waals surface area contributed by atoms with Crippen LogP contribution in [0.25, 0.3) is 0 Å². The number of nitrogens with zero attached hydrogens (tertiary/aromatic N) is 1. The van der Waals surface area contributed by atoms with Gasteiger partial charge in [0.1, 0.15) is 6.54 Å². The summed E-state index contributed by atoms with van der Waals surface area (Å²) in [4.78, 5) is 26.0. The highest BCUT2D eigenvalue weighted by atomic mass is 79.9. The number of urea groups is 1. The van der Waals surface area contributed by atoms with Gasteiger partial charge in [-0.3, -0.25) is 4.79 Å². The van der Waals surface area contributed by atoms with E-state index in [1.807, 2.05) is 24.3 Å². The van der Waals surface area contributed by atoms with Crippen LogP contribution in [0.1, 0.15) is 12.5 Å². The standard InChI is InChI=1S/C18H18BrCl2N3O2/c1-2-24(18(26)22-10-12-5-3-6-13(19)9-12)11-16(25)23-17-14(20)7-4-8-15(17)21/h3-9H,2,10-11H2,1H3,(H,22,26)(H,23,25). The van der Waals surface area contributed by atoms with Crippen LogP contribution in [0.2, 0.25) is 10.0 Å². The molecule has 3 amide bonds. The van der Waals surface area contributed by atoms with Crippen LogP contribution in [-0.2, 0) is 11.3 Å². The molecule has 0 unspecified atom stereocenters. The van der Waals surface area contributed by atoms with Gasteiger partial charge in [0.15, 0.2) is 0 Å². The van der Waals surface area contributed by atoms with Gasteiger partial charge in [-0.25, -0.2) is 4.79 Å². The van der Waals surface area contributed by atoms with E-state index in [2.05, 4.69) is 26.6 Å². The molecule has 0 radical (unpaired) electrons. The SMILES string of the molecule is CCN(CC(=O)Nc1c(Cl)cccc1Cl)C(=O)NCc1cccc(Br)c1. The molecule has 0 atom stereocenters. The molecular formula is C18H18BrCl2N3O2. The Morgan fingerprint density at radius 2 is 1.77 bits per heavy atom. The first-order valence-corrected chi connectivity index (χ1v) is 9.46. The smallest absolute Gasteiger partial charge is 0.318 e. The normalized spacial score (nSPS) is 10.3. The number of hydrogen-bond donors (Lipinski definition) is 2. The van der Waals surface area contributed by atoms with E-state index in [0.717, 1.165) is 10.0 Å². The van der Waals surface area contributed by atoms with Gasteiger partial charge >= 0.3 is 6.03 Å². The van der Waals surface area contributed by atoms with E-state index in [4.69, 9.17) is 23.2 Å². The fourth-order valence-corrected chi connectivity index (χ4v) is 3.17. The first-order valence-electron chi connectivity index (χ1n) is 7.91. The van der Waals surface area contributed by atoms with Crippen molar-refractivity contribution in [3.63, 3.8) is 0 Å². The summed E-state index contributed by atoms with van der Waals surface area (Å²) in [6, 6.07) is 12.3. The minimum Gasteiger partial charge on any atom is -0.334 e. The highest BCUT2D eigenvalue weighted by Crippen LogP contribution is 2.29. The van der Waals surface area contributed by atoms with Crippen LogP contribution in [0.5, 0.6) is 0 Å². The number of para-hydroxylation sites is 1. The maximum absolute atomic E-state index is 12.3. The topological polar surface area (TPSA) is 61.4 Å². The predicted octanol–water partition coefficient (Wildman–Crippen LogP) is 4.93. The van der Waals surface area contributed by atoms with Gasteiger partial charge < -0.3 is 15.5 Å². The maximum Gasteiger partial charge on any atom is 0.318 e. The van der Waals surface area contributed by atoms with Crippen molar-refractivity contribution in [3.8, 4) is 0 Å². The summed E-state index contributed by atoms with van der Waals surface area (Å²) in [5, 5.41) is 6.13. The molecule has 0 aliphatic carbocycles. The van der Waals surface area contributed by atoms with Crippen LogP contribution in [0, 0.1) is 0 Å². The molecule has 0 aromatic heterocycles. The van der Waals surface area contributed by atoms with Crippen molar-refractivity contribution in [2.75, 3.05) is 18.4 Å².